The number of rotatable bonds is 12. The highest BCUT2D eigenvalue weighted by Crippen LogP contribution is 2.42. The third-order valence-electron chi connectivity index (χ3n) is 6.91. The topological polar surface area (TPSA) is 183 Å². The summed E-state index contributed by atoms with van der Waals surface area (Å²) in [6.07, 6.45) is -0.337. The van der Waals surface area contributed by atoms with Crippen LogP contribution in [0.15, 0.2) is 67.0 Å². The van der Waals surface area contributed by atoms with Gasteiger partial charge in [-0.1, -0.05) is 95.7 Å². The smallest absolute Gasteiger partial charge is 0.267 e. The zero-order valence-corrected chi connectivity index (χ0v) is 32.9. The van der Waals surface area contributed by atoms with Crippen molar-refractivity contribution in [2.75, 3.05) is 24.6 Å². The van der Waals surface area contributed by atoms with E-state index in [0.717, 1.165) is 52.6 Å². The molecule has 6 rings (SSSR count). The minimum atomic E-state index is -0.552. The summed E-state index contributed by atoms with van der Waals surface area (Å²) < 4.78 is 3.80. The summed E-state index contributed by atoms with van der Waals surface area (Å²) in [5.74, 6) is -2.96. The first-order valence-corrected chi connectivity index (χ1v) is 21.0. The van der Waals surface area contributed by atoms with Gasteiger partial charge in [-0.2, -0.15) is 0 Å². The summed E-state index contributed by atoms with van der Waals surface area (Å²) in [5.41, 5.74) is 11.1. The number of thiocarbonyl (C=S) groups is 2. The van der Waals surface area contributed by atoms with Crippen LogP contribution in [0.25, 0.3) is 20.4 Å². The van der Waals surface area contributed by atoms with Gasteiger partial charge in [-0.05, 0) is 24.3 Å². The van der Waals surface area contributed by atoms with Crippen molar-refractivity contribution >= 4 is 159 Å². The molecule has 2 aromatic heterocycles. The maximum atomic E-state index is 13.2. The summed E-state index contributed by atoms with van der Waals surface area (Å²) in [5, 5.41) is 0. The van der Waals surface area contributed by atoms with Gasteiger partial charge in [0.15, 0.2) is 8.68 Å². The number of fused-ring (bicyclic) bond motifs is 2. The monoisotopic (exact) mass is 848 g/mol. The van der Waals surface area contributed by atoms with Crippen LogP contribution in [0.1, 0.15) is 12.8 Å². The maximum absolute atomic E-state index is 13.2. The van der Waals surface area contributed by atoms with E-state index in [4.69, 9.17) is 24.4 Å². The fourth-order valence-electron chi connectivity index (χ4n) is 4.44. The van der Waals surface area contributed by atoms with Crippen LogP contribution in [0.5, 0.6) is 0 Å². The van der Waals surface area contributed by atoms with E-state index < -0.39 is 35.4 Å². The highest BCUT2D eigenvalue weighted by atomic mass is 32.2. The second-order valence-corrected chi connectivity index (χ2v) is 18.3. The Hall–Kier alpha value is -3.64. The van der Waals surface area contributed by atoms with E-state index >= 15 is 0 Å². The summed E-state index contributed by atoms with van der Waals surface area (Å²) in [6, 6.07) is 15.3. The molecule has 0 bridgehead atoms. The number of thioether (sulfide) groups is 4. The molecule has 22 heteroatoms. The van der Waals surface area contributed by atoms with Crippen LogP contribution >= 0.6 is 94.2 Å². The molecule has 0 aliphatic carbocycles. The number of hydrazine groups is 2. The number of thiazole rings is 2. The molecule has 2 fully saturated rings. The number of nitrogens with one attached hydrogen (secondary N) is 4. The molecule has 52 heavy (non-hydrogen) atoms. The van der Waals surface area contributed by atoms with Crippen LogP contribution in [-0.2, 0) is 28.8 Å². The molecule has 6 amide bonds. The van der Waals surface area contributed by atoms with Crippen molar-refractivity contribution in [1.29, 1.82) is 0 Å². The number of hydrogen-bond donors (Lipinski definition) is 4. The fourth-order valence-corrected chi connectivity index (χ4v) is 10.9. The Kier molecular flexibility index (Phi) is 12.8. The molecule has 0 radical (unpaired) electrons. The lowest BCUT2D eigenvalue weighted by molar-refractivity contribution is -0.129. The van der Waals surface area contributed by atoms with Crippen LogP contribution in [0.2, 0.25) is 0 Å². The van der Waals surface area contributed by atoms with Gasteiger partial charge in [0, 0.05) is 25.9 Å². The minimum absolute atomic E-state index is 0.0416. The normalized spacial score (nSPS) is 15.9. The first-order chi connectivity index (χ1) is 25.0. The number of nitrogens with zero attached hydrogens (tertiary/aromatic N) is 4. The number of carbonyl (C=O) groups is 6. The van der Waals surface area contributed by atoms with Crippen molar-refractivity contribution < 1.29 is 28.8 Å². The van der Waals surface area contributed by atoms with Crippen LogP contribution in [0.4, 0.5) is 0 Å². The molecule has 4 N–H and O–H groups in total. The summed E-state index contributed by atoms with van der Waals surface area (Å²) >= 11 is 18.0. The molecule has 268 valence electrons. The molecule has 0 atom stereocenters. The Morgan fingerprint density at radius 2 is 1.00 bits per heavy atom. The first-order valence-electron chi connectivity index (χ1n) is 15.0. The van der Waals surface area contributed by atoms with E-state index in [0.29, 0.717) is 0 Å². The third-order valence-corrected chi connectivity index (χ3v) is 14.3. The number of benzene rings is 2. The molecular weight excluding hydrogens is 825 g/mol. The molecule has 14 nitrogen and oxygen atoms in total. The number of amides is 6. The lowest BCUT2D eigenvalue weighted by atomic mass is 10.3. The number of para-hydroxylation sites is 2. The molecule has 4 heterocycles. The van der Waals surface area contributed by atoms with Gasteiger partial charge in [0.25, 0.3) is 11.8 Å². The first kappa shape index (κ1) is 38.1. The SMILES string of the molecule is O=C(CCN1C(=O)C(=C2SC(=S)N(CCC(=O)NNC(=O)CSc3nc4ccccc4s3)C2=O)SC1=S)NNC(=O)CSc1nc2ccccc2s1. The average Bonchev–Trinajstić information content (AvgIpc) is 3.89. The second-order valence-electron chi connectivity index (χ2n) is 10.5. The second kappa shape index (κ2) is 17.5. The van der Waals surface area contributed by atoms with E-state index in [1.807, 2.05) is 48.5 Å². The molecule has 0 saturated carbocycles. The molecule has 2 saturated heterocycles. The standard InChI is InChI=1S/C30H24N8O6S8/c39-19(33-35-21(41)13-47-27-31-15-5-1-3-7-17(15)49-27)9-11-37-25(43)23(51-29(37)45)24-26(44)38(30(46)52-24)12-10-20(40)34-36-22(42)14-48-28-32-16-6-2-4-8-18(16)50-28/h1-8H,9-14H2,(H,33,39)(H,34,40)(H,35,41)(H,36,42). The van der Waals surface area contributed by atoms with Crippen molar-refractivity contribution in [2.24, 2.45) is 0 Å². The molecular formula is C30H24N8O6S8. The van der Waals surface area contributed by atoms with Crippen molar-refractivity contribution in [3.05, 3.63) is 58.3 Å². The van der Waals surface area contributed by atoms with Crippen molar-refractivity contribution in [3.8, 4) is 0 Å². The van der Waals surface area contributed by atoms with Gasteiger partial charge in [0.2, 0.25) is 23.6 Å². The summed E-state index contributed by atoms with van der Waals surface area (Å²) in [6.45, 7) is -0.163. The quantitative estimate of drug-likeness (QED) is 0.0700. The van der Waals surface area contributed by atoms with Crippen LogP contribution < -0.4 is 21.7 Å². The molecule has 2 aliphatic rings. The van der Waals surface area contributed by atoms with Gasteiger partial charge >= 0.3 is 0 Å². The highest BCUT2D eigenvalue weighted by Gasteiger charge is 2.42. The Bertz CT molecular complexity index is 1950. The molecule has 0 unspecified atom stereocenters. The summed E-state index contributed by atoms with van der Waals surface area (Å²) in [7, 11) is 0. The third kappa shape index (κ3) is 9.47. The van der Waals surface area contributed by atoms with Gasteiger partial charge < -0.3 is 0 Å². The van der Waals surface area contributed by atoms with Crippen molar-refractivity contribution in [3.63, 3.8) is 0 Å². The predicted octanol–water partition coefficient (Wildman–Crippen LogP) is 3.80. The Balaban J connectivity index is 0.907. The largest absolute Gasteiger partial charge is 0.292 e. The van der Waals surface area contributed by atoms with Crippen molar-refractivity contribution in [2.45, 2.75) is 21.5 Å². The zero-order chi connectivity index (χ0) is 36.8. The number of aromatic nitrogens is 2. The summed E-state index contributed by atoms with van der Waals surface area (Å²) in [4.78, 5) is 87.3. The van der Waals surface area contributed by atoms with Gasteiger partial charge in [0.05, 0.1) is 41.7 Å². The number of carbonyl (C=O) groups excluding carboxylic acids is 6. The highest BCUT2D eigenvalue weighted by molar-refractivity contribution is 8.29. The van der Waals surface area contributed by atoms with Gasteiger partial charge in [0.1, 0.15) is 8.64 Å². The Morgan fingerprint density at radius 1 is 0.615 bits per heavy atom. The van der Waals surface area contributed by atoms with E-state index in [2.05, 4.69) is 31.7 Å². The van der Waals surface area contributed by atoms with Gasteiger partial charge in [-0.15, -0.1) is 22.7 Å². The van der Waals surface area contributed by atoms with Gasteiger partial charge in [-0.3, -0.25) is 60.3 Å². The molecule has 2 aromatic carbocycles. The van der Waals surface area contributed by atoms with E-state index in [9.17, 15) is 28.8 Å². The zero-order valence-electron chi connectivity index (χ0n) is 26.4. The lowest BCUT2D eigenvalue weighted by Gasteiger charge is -2.15. The molecule has 0 spiro atoms. The van der Waals surface area contributed by atoms with E-state index in [1.54, 1.807) is 0 Å². The van der Waals surface area contributed by atoms with Crippen LogP contribution in [-0.4, -0.2) is 88.4 Å². The predicted molar refractivity (Wildman–Crippen MR) is 213 cm³/mol. The average molecular weight is 849 g/mol. The lowest BCUT2D eigenvalue weighted by Crippen LogP contribution is -2.44. The Labute approximate surface area is 331 Å². The maximum Gasteiger partial charge on any atom is 0.267 e. The van der Waals surface area contributed by atoms with Crippen molar-refractivity contribution in [1.82, 2.24) is 41.5 Å². The van der Waals surface area contributed by atoms with Crippen LogP contribution in [0.3, 0.4) is 0 Å². The molecule has 2 aliphatic heterocycles. The van der Waals surface area contributed by atoms with Gasteiger partial charge in [-0.25, -0.2) is 9.97 Å². The van der Waals surface area contributed by atoms with E-state index in [1.165, 1.54) is 56.0 Å². The fraction of sp³-hybridized carbons (Fsp3) is 0.200. The van der Waals surface area contributed by atoms with Crippen LogP contribution in [0, 0.1) is 0 Å². The Morgan fingerprint density at radius 3 is 1.40 bits per heavy atom. The number of hydrogen-bond acceptors (Lipinski definition) is 16. The molecule has 4 aromatic rings. The van der Waals surface area contributed by atoms with E-state index in [-0.39, 0.29) is 55.9 Å². The minimum Gasteiger partial charge on any atom is -0.292 e.